The van der Waals surface area contributed by atoms with Crippen LogP contribution in [0.1, 0.15) is 30.5 Å². The fourth-order valence-corrected chi connectivity index (χ4v) is 4.42. The minimum Gasteiger partial charge on any atom is -0.507 e. The van der Waals surface area contributed by atoms with Crippen LogP contribution in [0, 0.1) is 0 Å². The highest BCUT2D eigenvalue weighted by Gasteiger charge is 2.46. The molecule has 4 rings (SSSR count). The number of carbonyl (C=O) groups is 2. The second kappa shape index (κ2) is 8.12. The monoisotopic (exact) mass is 438 g/mol. The number of fused-ring (bicyclic) bond motifs is 1. The SMILES string of the molecule is CCCN1C(=O)C(=O)/C(=C(/O)c2ccc(Cl)c(OC)c2)C1c1cn(C)c2ccccc12. The average molecular weight is 439 g/mol. The summed E-state index contributed by atoms with van der Waals surface area (Å²) in [6.45, 7) is 2.35. The van der Waals surface area contributed by atoms with Crippen LogP contribution >= 0.6 is 11.6 Å². The Labute approximate surface area is 185 Å². The highest BCUT2D eigenvalue weighted by Crippen LogP contribution is 2.43. The molecule has 0 saturated carbocycles. The number of Topliss-reactive ketones (excluding diaryl/α,β-unsaturated/α-hetero) is 1. The van der Waals surface area contributed by atoms with Crippen molar-refractivity contribution in [1.82, 2.24) is 9.47 Å². The first-order chi connectivity index (χ1) is 14.9. The summed E-state index contributed by atoms with van der Waals surface area (Å²) >= 11 is 6.11. The number of rotatable bonds is 5. The van der Waals surface area contributed by atoms with E-state index < -0.39 is 17.7 Å². The summed E-state index contributed by atoms with van der Waals surface area (Å²) in [6, 6.07) is 11.9. The number of hydrogen-bond donors (Lipinski definition) is 1. The first-order valence-corrected chi connectivity index (χ1v) is 10.4. The lowest BCUT2D eigenvalue weighted by molar-refractivity contribution is -0.139. The van der Waals surface area contributed by atoms with Gasteiger partial charge in [-0.1, -0.05) is 36.7 Å². The van der Waals surface area contributed by atoms with E-state index in [9.17, 15) is 14.7 Å². The van der Waals surface area contributed by atoms with Crippen LogP contribution in [0.2, 0.25) is 5.02 Å². The maximum absolute atomic E-state index is 13.1. The van der Waals surface area contributed by atoms with Gasteiger partial charge in [-0.15, -0.1) is 0 Å². The van der Waals surface area contributed by atoms with E-state index in [4.69, 9.17) is 16.3 Å². The molecule has 0 spiro atoms. The Balaban J connectivity index is 1.97. The fourth-order valence-electron chi connectivity index (χ4n) is 4.23. The summed E-state index contributed by atoms with van der Waals surface area (Å²) in [5.41, 5.74) is 2.21. The normalized spacial score (nSPS) is 18.2. The molecule has 0 bridgehead atoms. The molecule has 1 unspecified atom stereocenters. The largest absolute Gasteiger partial charge is 0.507 e. The molecule has 3 aromatic rings. The number of carbonyl (C=O) groups excluding carboxylic acids is 2. The van der Waals surface area contributed by atoms with Crippen molar-refractivity contribution < 1.29 is 19.4 Å². The van der Waals surface area contributed by atoms with Crippen molar-refractivity contribution >= 4 is 40.0 Å². The van der Waals surface area contributed by atoms with Gasteiger partial charge in [0, 0.05) is 41.8 Å². The third kappa shape index (κ3) is 3.37. The van der Waals surface area contributed by atoms with E-state index in [2.05, 4.69) is 0 Å². The Morgan fingerprint density at radius 2 is 1.94 bits per heavy atom. The number of likely N-dealkylation sites (tertiary alicyclic amines) is 1. The van der Waals surface area contributed by atoms with Crippen molar-refractivity contribution in [2.45, 2.75) is 19.4 Å². The van der Waals surface area contributed by atoms with Gasteiger partial charge in [-0.3, -0.25) is 9.59 Å². The molecule has 2 aromatic carbocycles. The van der Waals surface area contributed by atoms with Crippen LogP contribution in [0.15, 0.2) is 54.2 Å². The molecule has 1 fully saturated rings. The number of ether oxygens (including phenoxy) is 1. The van der Waals surface area contributed by atoms with E-state index in [1.165, 1.54) is 7.11 Å². The molecule has 31 heavy (non-hydrogen) atoms. The number of nitrogens with zero attached hydrogens (tertiary/aromatic N) is 2. The molecule has 1 amide bonds. The molecular formula is C24H23ClN2O4. The Morgan fingerprint density at radius 1 is 1.19 bits per heavy atom. The molecule has 1 atom stereocenters. The van der Waals surface area contributed by atoms with Crippen molar-refractivity contribution in [3.05, 3.63) is 70.4 Å². The number of amides is 1. The molecule has 1 aliphatic heterocycles. The van der Waals surface area contributed by atoms with Gasteiger partial charge >= 0.3 is 0 Å². The zero-order chi connectivity index (χ0) is 22.3. The van der Waals surface area contributed by atoms with Crippen molar-refractivity contribution in [3.63, 3.8) is 0 Å². The Kier molecular flexibility index (Phi) is 5.50. The maximum Gasteiger partial charge on any atom is 0.295 e. The van der Waals surface area contributed by atoms with Crippen molar-refractivity contribution in [3.8, 4) is 5.75 Å². The highest BCUT2D eigenvalue weighted by atomic mass is 35.5. The number of methoxy groups -OCH3 is 1. The first-order valence-electron chi connectivity index (χ1n) is 10.0. The van der Waals surface area contributed by atoms with Crippen LogP contribution in [0.25, 0.3) is 16.7 Å². The Morgan fingerprint density at radius 3 is 2.65 bits per heavy atom. The number of ketones is 1. The summed E-state index contributed by atoms with van der Waals surface area (Å²) in [6.07, 6.45) is 2.60. The van der Waals surface area contributed by atoms with Crippen molar-refractivity contribution in [1.29, 1.82) is 0 Å². The minimum absolute atomic E-state index is 0.0687. The van der Waals surface area contributed by atoms with Gasteiger partial charge in [-0.25, -0.2) is 0 Å². The van der Waals surface area contributed by atoms with E-state index in [1.807, 2.05) is 49.0 Å². The van der Waals surface area contributed by atoms with Gasteiger partial charge in [-0.05, 0) is 30.7 Å². The quantitative estimate of drug-likeness (QED) is 0.357. The third-order valence-electron chi connectivity index (χ3n) is 5.65. The van der Waals surface area contributed by atoms with Gasteiger partial charge in [0.2, 0.25) is 0 Å². The van der Waals surface area contributed by atoms with Gasteiger partial charge < -0.3 is 19.3 Å². The molecule has 1 saturated heterocycles. The van der Waals surface area contributed by atoms with Crippen molar-refractivity contribution in [2.24, 2.45) is 7.05 Å². The lowest BCUT2D eigenvalue weighted by Crippen LogP contribution is -2.30. The summed E-state index contributed by atoms with van der Waals surface area (Å²) in [7, 11) is 3.39. The lowest BCUT2D eigenvalue weighted by atomic mass is 9.95. The van der Waals surface area contributed by atoms with Gasteiger partial charge in [0.15, 0.2) is 0 Å². The van der Waals surface area contributed by atoms with E-state index in [0.29, 0.717) is 29.3 Å². The number of aliphatic hydroxyl groups is 1. The van der Waals surface area contributed by atoms with Gasteiger partial charge in [0.25, 0.3) is 11.7 Å². The number of para-hydroxylation sites is 1. The summed E-state index contributed by atoms with van der Waals surface area (Å²) in [5, 5.41) is 12.5. The fraction of sp³-hybridized carbons (Fsp3) is 0.250. The van der Waals surface area contributed by atoms with Crippen LogP contribution < -0.4 is 4.74 Å². The van der Waals surface area contributed by atoms with E-state index in [0.717, 1.165) is 16.5 Å². The molecule has 1 aliphatic rings. The Hall–Kier alpha value is -3.25. The van der Waals surface area contributed by atoms with Crippen LogP contribution in [0.4, 0.5) is 0 Å². The molecule has 1 N–H and O–H groups in total. The summed E-state index contributed by atoms with van der Waals surface area (Å²) in [5.74, 6) is -1.18. The van der Waals surface area contributed by atoms with Gasteiger partial charge in [0.1, 0.15) is 11.5 Å². The standard InChI is InChI=1S/C24H23ClN2O4/c1-4-11-27-21(16-13-26(2)18-8-6-5-7-15(16)18)20(23(29)24(27)30)22(28)14-9-10-17(25)19(12-14)31-3/h5-10,12-13,21,28H,4,11H2,1-3H3/b22-20+. The van der Waals surface area contributed by atoms with E-state index >= 15 is 0 Å². The summed E-state index contributed by atoms with van der Waals surface area (Å²) in [4.78, 5) is 27.5. The van der Waals surface area contributed by atoms with Crippen LogP contribution in [-0.4, -0.2) is 39.9 Å². The smallest absolute Gasteiger partial charge is 0.295 e. The van der Waals surface area contributed by atoms with Crippen LogP contribution in [0.3, 0.4) is 0 Å². The average Bonchev–Trinajstić information content (AvgIpc) is 3.23. The van der Waals surface area contributed by atoms with Gasteiger partial charge in [-0.2, -0.15) is 0 Å². The lowest BCUT2D eigenvalue weighted by Gasteiger charge is -2.24. The number of hydrogen-bond acceptors (Lipinski definition) is 4. The molecule has 7 heteroatoms. The second-order valence-electron chi connectivity index (χ2n) is 7.55. The molecule has 6 nitrogen and oxygen atoms in total. The molecule has 0 radical (unpaired) electrons. The number of aromatic nitrogens is 1. The minimum atomic E-state index is -0.696. The Bertz CT molecular complexity index is 1230. The predicted octanol–water partition coefficient (Wildman–Crippen LogP) is 4.67. The third-order valence-corrected chi connectivity index (χ3v) is 5.96. The van der Waals surface area contributed by atoms with Crippen LogP contribution in [-0.2, 0) is 16.6 Å². The molecule has 2 heterocycles. The number of aliphatic hydroxyl groups excluding tert-OH is 1. The van der Waals surface area contributed by atoms with E-state index in [1.54, 1.807) is 23.1 Å². The molecule has 1 aromatic heterocycles. The zero-order valence-corrected chi connectivity index (χ0v) is 18.3. The van der Waals surface area contributed by atoms with Crippen LogP contribution in [0.5, 0.6) is 5.75 Å². The number of aryl methyl sites for hydroxylation is 1. The molecular weight excluding hydrogens is 416 g/mol. The second-order valence-corrected chi connectivity index (χ2v) is 7.96. The van der Waals surface area contributed by atoms with Gasteiger partial charge in [0.05, 0.1) is 23.7 Å². The topological polar surface area (TPSA) is 71.8 Å². The number of benzene rings is 2. The van der Waals surface area contributed by atoms with E-state index in [-0.39, 0.29) is 11.3 Å². The maximum atomic E-state index is 13.1. The number of halogens is 1. The molecule has 0 aliphatic carbocycles. The zero-order valence-electron chi connectivity index (χ0n) is 17.6. The molecule has 160 valence electrons. The predicted molar refractivity (Wildman–Crippen MR) is 120 cm³/mol. The highest BCUT2D eigenvalue weighted by molar-refractivity contribution is 6.46. The first kappa shape index (κ1) is 21.0. The summed E-state index contributed by atoms with van der Waals surface area (Å²) < 4.78 is 7.21. The van der Waals surface area contributed by atoms with Crippen molar-refractivity contribution in [2.75, 3.05) is 13.7 Å².